The lowest BCUT2D eigenvalue weighted by Gasteiger charge is -2.16. The maximum absolute atomic E-state index is 13.0. The minimum Gasteiger partial charge on any atom is -0.391 e. The molecular weight excluding hydrogens is 230 g/mol. The second kappa shape index (κ2) is 4.40. The summed E-state index contributed by atoms with van der Waals surface area (Å²) in [6.07, 6.45) is -0.838. The molecule has 0 fully saturated rings. The number of aromatic nitrogens is 1. The summed E-state index contributed by atoms with van der Waals surface area (Å²) >= 11 is 11.1. The molecule has 1 aromatic rings. The summed E-state index contributed by atoms with van der Waals surface area (Å²) in [7, 11) is 0. The molecule has 78 valence electrons. The van der Waals surface area contributed by atoms with E-state index in [0.717, 1.165) is 6.07 Å². The standard InChI is InChI=1S/C8H9Cl2FN2O/c1-3(14)6(12)4-2-5(11)8(10)13-7(4)9/h2-3,6,14H,12H2,1H3. The van der Waals surface area contributed by atoms with E-state index in [1.54, 1.807) is 0 Å². The molecule has 0 spiro atoms. The zero-order valence-electron chi connectivity index (χ0n) is 7.34. The minimum absolute atomic E-state index is 0.00444. The second-order valence-electron chi connectivity index (χ2n) is 2.91. The van der Waals surface area contributed by atoms with Crippen LogP contribution in [-0.4, -0.2) is 16.2 Å². The highest BCUT2D eigenvalue weighted by atomic mass is 35.5. The summed E-state index contributed by atoms with van der Waals surface area (Å²) in [4.78, 5) is 3.54. The third-order valence-electron chi connectivity index (χ3n) is 1.79. The summed E-state index contributed by atoms with van der Waals surface area (Å²) < 4.78 is 13.0. The fraction of sp³-hybridized carbons (Fsp3) is 0.375. The summed E-state index contributed by atoms with van der Waals surface area (Å²) in [6.45, 7) is 1.48. The second-order valence-corrected chi connectivity index (χ2v) is 3.62. The van der Waals surface area contributed by atoms with Crippen molar-refractivity contribution in [2.75, 3.05) is 0 Å². The predicted molar refractivity (Wildman–Crippen MR) is 52.8 cm³/mol. The van der Waals surface area contributed by atoms with E-state index in [0.29, 0.717) is 0 Å². The molecule has 0 aromatic carbocycles. The van der Waals surface area contributed by atoms with Gasteiger partial charge < -0.3 is 10.8 Å². The van der Waals surface area contributed by atoms with Gasteiger partial charge in [-0.3, -0.25) is 0 Å². The van der Waals surface area contributed by atoms with E-state index in [-0.39, 0.29) is 15.9 Å². The molecular formula is C8H9Cl2FN2O. The average molecular weight is 239 g/mol. The van der Waals surface area contributed by atoms with Gasteiger partial charge in [0, 0.05) is 5.56 Å². The Kier molecular flexibility index (Phi) is 3.66. The van der Waals surface area contributed by atoms with Gasteiger partial charge in [0.25, 0.3) is 0 Å². The molecule has 1 aromatic heterocycles. The quantitative estimate of drug-likeness (QED) is 0.775. The predicted octanol–water partition coefficient (Wildman–Crippen LogP) is 1.91. The SMILES string of the molecule is CC(O)C(N)c1cc(F)c(Cl)nc1Cl. The number of aliphatic hydroxyl groups excluding tert-OH is 1. The monoisotopic (exact) mass is 238 g/mol. The first-order chi connectivity index (χ1) is 6.43. The van der Waals surface area contributed by atoms with E-state index >= 15 is 0 Å². The lowest BCUT2D eigenvalue weighted by molar-refractivity contribution is 0.164. The van der Waals surface area contributed by atoms with Crippen LogP contribution in [0.25, 0.3) is 0 Å². The first-order valence-corrected chi connectivity index (χ1v) is 4.64. The third kappa shape index (κ3) is 2.33. The zero-order chi connectivity index (χ0) is 10.9. The third-order valence-corrected chi connectivity index (χ3v) is 2.36. The Morgan fingerprint density at radius 1 is 1.50 bits per heavy atom. The van der Waals surface area contributed by atoms with E-state index < -0.39 is 18.0 Å². The number of nitrogens with two attached hydrogens (primary N) is 1. The number of pyridine rings is 1. The molecule has 0 bridgehead atoms. The summed E-state index contributed by atoms with van der Waals surface area (Å²) in [5, 5.41) is 8.89. The van der Waals surface area contributed by atoms with E-state index in [1.165, 1.54) is 6.92 Å². The van der Waals surface area contributed by atoms with Gasteiger partial charge in [-0.1, -0.05) is 23.2 Å². The van der Waals surface area contributed by atoms with Crippen LogP contribution in [-0.2, 0) is 0 Å². The van der Waals surface area contributed by atoms with Crippen molar-refractivity contribution in [2.45, 2.75) is 19.1 Å². The van der Waals surface area contributed by atoms with Crippen LogP contribution in [0.5, 0.6) is 0 Å². The Labute approximate surface area is 90.7 Å². The van der Waals surface area contributed by atoms with E-state index in [9.17, 15) is 9.50 Å². The highest BCUT2D eigenvalue weighted by molar-refractivity contribution is 6.33. The smallest absolute Gasteiger partial charge is 0.166 e. The average Bonchev–Trinajstić information content (AvgIpc) is 2.10. The number of halogens is 3. The Balaban J connectivity index is 3.15. The molecule has 0 saturated heterocycles. The van der Waals surface area contributed by atoms with Crippen LogP contribution in [0, 0.1) is 5.82 Å². The number of hydrogen-bond donors (Lipinski definition) is 2. The topological polar surface area (TPSA) is 59.1 Å². The van der Waals surface area contributed by atoms with Crippen molar-refractivity contribution >= 4 is 23.2 Å². The van der Waals surface area contributed by atoms with Crippen molar-refractivity contribution in [3.8, 4) is 0 Å². The maximum Gasteiger partial charge on any atom is 0.166 e. The van der Waals surface area contributed by atoms with Crippen LogP contribution >= 0.6 is 23.2 Å². The molecule has 0 saturated carbocycles. The van der Waals surface area contributed by atoms with Crippen molar-refractivity contribution in [3.63, 3.8) is 0 Å². The number of aliphatic hydroxyl groups is 1. The summed E-state index contributed by atoms with van der Waals surface area (Å²) in [5.74, 6) is -0.706. The molecule has 14 heavy (non-hydrogen) atoms. The van der Waals surface area contributed by atoms with Crippen molar-refractivity contribution in [3.05, 3.63) is 27.8 Å². The van der Waals surface area contributed by atoms with Crippen LogP contribution in [0.1, 0.15) is 18.5 Å². The van der Waals surface area contributed by atoms with E-state index in [4.69, 9.17) is 28.9 Å². The lowest BCUT2D eigenvalue weighted by atomic mass is 10.1. The van der Waals surface area contributed by atoms with Crippen LogP contribution in [0.3, 0.4) is 0 Å². The van der Waals surface area contributed by atoms with Gasteiger partial charge in [0.2, 0.25) is 0 Å². The normalized spacial score (nSPS) is 15.3. The van der Waals surface area contributed by atoms with Gasteiger partial charge in [0.1, 0.15) is 5.15 Å². The largest absolute Gasteiger partial charge is 0.391 e. The molecule has 1 heterocycles. The fourth-order valence-electron chi connectivity index (χ4n) is 0.953. The number of nitrogens with zero attached hydrogens (tertiary/aromatic N) is 1. The van der Waals surface area contributed by atoms with Crippen LogP contribution in [0.4, 0.5) is 4.39 Å². The highest BCUT2D eigenvalue weighted by Gasteiger charge is 2.18. The molecule has 0 aliphatic heterocycles. The van der Waals surface area contributed by atoms with Gasteiger partial charge in [0.05, 0.1) is 12.1 Å². The molecule has 0 radical (unpaired) electrons. The van der Waals surface area contributed by atoms with Gasteiger partial charge in [-0.15, -0.1) is 0 Å². The van der Waals surface area contributed by atoms with Crippen LogP contribution < -0.4 is 5.73 Å². The first kappa shape index (κ1) is 11.7. The zero-order valence-corrected chi connectivity index (χ0v) is 8.85. The Morgan fingerprint density at radius 2 is 2.07 bits per heavy atom. The molecule has 0 amide bonds. The molecule has 0 aliphatic rings. The van der Waals surface area contributed by atoms with Gasteiger partial charge in [-0.25, -0.2) is 9.37 Å². The Hall–Kier alpha value is -0.420. The summed E-state index contributed by atoms with van der Waals surface area (Å²) in [6, 6.07) is 0.302. The van der Waals surface area contributed by atoms with E-state index in [1.807, 2.05) is 0 Å². The maximum atomic E-state index is 13.0. The fourth-order valence-corrected chi connectivity index (χ4v) is 1.40. The van der Waals surface area contributed by atoms with Crippen LogP contribution in [0.2, 0.25) is 10.3 Å². The molecule has 3 N–H and O–H groups in total. The molecule has 6 heteroatoms. The molecule has 2 unspecified atom stereocenters. The Bertz CT molecular complexity index is 346. The Morgan fingerprint density at radius 3 is 2.57 bits per heavy atom. The molecule has 1 rings (SSSR count). The van der Waals surface area contributed by atoms with Crippen molar-refractivity contribution < 1.29 is 9.50 Å². The van der Waals surface area contributed by atoms with Gasteiger partial charge in [0.15, 0.2) is 11.0 Å². The number of hydrogen-bond acceptors (Lipinski definition) is 3. The van der Waals surface area contributed by atoms with Crippen molar-refractivity contribution in [1.29, 1.82) is 0 Å². The van der Waals surface area contributed by atoms with Crippen molar-refractivity contribution in [2.24, 2.45) is 5.73 Å². The van der Waals surface area contributed by atoms with Gasteiger partial charge >= 0.3 is 0 Å². The highest BCUT2D eigenvalue weighted by Crippen LogP contribution is 2.25. The number of rotatable bonds is 2. The lowest BCUT2D eigenvalue weighted by Crippen LogP contribution is -2.24. The van der Waals surface area contributed by atoms with Gasteiger partial charge in [-0.2, -0.15) is 0 Å². The minimum atomic E-state index is -0.838. The summed E-state index contributed by atoms with van der Waals surface area (Å²) in [5.41, 5.74) is 5.81. The van der Waals surface area contributed by atoms with E-state index in [2.05, 4.69) is 4.98 Å². The molecule has 0 aliphatic carbocycles. The van der Waals surface area contributed by atoms with Crippen molar-refractivity contribution in [1.82, 2.24) is 4.98 Å². The van der Waals surface area contributed by atoms with Crippen LogP contribution in [0.15, 0.2) is 6.07 Å². The first-order valence-electron chi connectivity index (χ1n) is 3.88. The molecule has 3 nitrogen and oxygen atoms in total. The molecule has 2 atom stereocenters. The van der Waals surface area contributed by atoms with Gasteiger partial charge in [-0.05, 0) is 13.0 Å².